The van der Waals surface area contributed by atoms with E-state index >= 15 is 0 Å². The average molecular weight is 371 g/mol. The van der Waals surface area contributed by atoms with Gasteiger partial charge in [-0.15, -0.1) is 10.2 Å². The lowest BCUT2D eigenvalue weighted by Crippen LogP contribution is -2.34. The summed E-state index contributed by atoms with van der Waals surface area (Å²) in [5.41, 5.74) is 2.43. The number of anilines is 2. The minimum atomic E-state index is -0.292. The number of urea groups is 1. The van der Waals surface area contributed by atoms with E-state index in [1.807, 2.05) is 32.0 Å². The van der Waals surface area contributed by atoms with Gasteiger partial charge < -0.3 is 19.7 Å². The van der Waals surface area contributed by atoms with Gasteiger partial charge >= 0.3 is 6.03 Å². The summed E-state index contributed by atoms with van der Waals surface area (Å²) in [4.78, 5) is 13.9. The molecule has 2 aromatic rings. The first-order valence-corrected chi connectivity index (χ1v) is 8.90. The number of aromatic nitrogens is 2. The fourth-order valence-corrected chi connectivity index (χ4v) is 3.05. The van der Waals surface area contributed by atoms with Crippen LogP contribution in [-0.2, 0) is 13.0 Å². The first-order valence-electron chi connectivity index (χ1n) is 8.90. The number of nitrogens with zero attached hydrogens (tertiary/aromatic N) is 3. The number of benzene rings is 1. The number of fused-ring (bicyclic) bond motifs is 1. The van der Waals surface area contributed by atoms with E-state index < -0.39 is 0 Å². The van der Waals surface area contributed by atoms with Gasteiger partial charge in [-0.1, -0.05) is 0 Å². The summed E-state index contributed by atoms with van der Waals surface area (Å²) in [6.45, 7) is 5.34. The highest BCUT2D eigenvalue weighted by atomic mass is 16.5. The quantitative estimate of drug-likeness (QED) is 0.840. The molecule has 0 saturated heterocycles. The maximum atomic E-state index is 11.7. The summed E-state index contributed by atoms with van der Waals surface area (Å²) in [5.74, 6) is 2.66. The normalized spacial score (nSPS) is 13.1. The third-order valence-electron chi connectivity index (χ3n) is 4.35. The van der Waals surface area contributed by atoms with Crippen LogP contribution in [0, 0.1) is 0 Å². The van der Waals surface area contributed by atoms with Crippen LogP contribution in [0.5, 0.6) is 11.5 Å². The zero-order valence-corrected chi connectivity index (χ0v) is 16.1. The smallest absolute Gasteiger partial charge is 0.320 e. The number of ether oxygens (including phenoxy) is 2. The summed E-state index contributed by atoms with van der Waals surface area (Å²) in [6.07, 6.45) is 0.883. The first-order chi connectivity index (χ1) is 13.0. The third kappa shape index (κ3) is 4.39. The van der Waals surface area contributed by atoms with Gasteiger partial charge in [-0.05, 0) is 55.7 Å². The van der Waals surface area contributed by atoms with E-state index in [0.29, 0.717) is 12.4 Å². The van der Waals surface area contributed by atoms with E-state index in [9.17, 15) is 4.79 Å². The monoisotopic (exact) mass is 371 g/mol. The van der Waals surface area contributed by atoms with E-state index in [-0.39, 0.29) is 12.1 Å². The molecule has 1 aromatic carbocycles. The van der Waals surface area contributed by atoms with Crippen LogP contribution in [0.4, 0.5) is 16.4 Å². The fraction of sp³-hybridized carbons (Fsp3) is 0.421. The lowest BCUT2D eigenvalue weighted by atomic mass is 9.99. The van der Waals surface area contributed by atoms with Crippen molar-refractivity contribution in [3.63, 3.8) is 0 Å². The van der Waals surface area contributed by atoms with Gasteiger partial charge in [-0.3, -0.25) is 5.32 Å². The lowest BCUT2D eigenvalue weighted by molar-refractivity contribution is 0.250. The van der Waals surface area contributed by atoms with Crippen LogP contribution in [0.15, 0.2) is 24.3 Å². The standard InChI is InChI=1S/C19H25N5O3/c1-12(2)20-19(25)21-17-5-6-18(23-22-17)24-8-7-13-9-15(26-3)16(27-4)10-14(13)11-24/h5-6,9-10,12H,7-8,11H2,1-4H3,(H2,20,21,22,25). The van der Waals surface area contributed by atoms with Crippen molar-refractivity contribution in [3.8, 4) is 11.5 Å². The molecule has 3 rings (SSSR count). The molecule has 0 fully saturated rings. The van der Waals surface area contributed by atoms with Crippen LogP contribution < -0.4 is 25.0 Å². The van der Waals surface area contributed by atoms with Crippen molar-refractivity contribution >= 4 is 17.7 Å². The van der Waals surface area contributed by atoms with Gasteiger partial charge in [0.25, 0.3) is 0 Å². The van der Waals surface area contributed by atoms with E-state index in [1.54, 1.807) is 20.3 Å². The molecule has 0 atom stereocenters. The van der Waals surface area contributed by atoms with Crippen molar-refractivity contribution in [3.05, 3.63) is 35.4 Å². The Morgan fingerprint density at radius 3 is 2.41 bits per heavy atom. The molecule has 0 radical (unpaired) electrons. The second kappa shape index (κ2) is 8.11. The zero-order chi connectivity index (χ0) is 19.4. The Balaban J connectivity index is 1.71. The van der Waals surface area contributed by atoms with Crippen molar-refractivity contribution < 1.29 is 14.3 Å². The fourth-order valence-electron chi connectivity index (χ4n) is 3.05. The van der Waals surface area contributed by atoms with Crippen molar-refractivity contribution in [2.24, 2.45) is 0 Å². The predicted octanol–water partition coefficient (Wildman–Crippen LogP) is 2.59. The molecule has 8 nitrogen and oxygen atoms in total. The zero-order valence-electron chi connectivity index (χ0n) is 16.1. The van der Waals surface area contributed by atoms with Gasteiger partial charge in [-0.2, -0.15) is 0 Å². The molecule has 0 spiro atoms. The van der Waals surface area contributed by atoms with Crippen molar-refractivity contribution in [2.45, 2.75) is 32.9 Å². The number of hydrogen-bond donors (Lipinski definition) is 2. The summed E-state index contributed by atoms with van der Waals surface area (Å²) in [5, 5.41) is 13.8. The number of amides is 2. The molecule has 144 valence electrons. The van der Waals surface area contributed by atoms with Gasteiger partial charge in [0.15, 0.2) is 23.1 Å². The summed E-state index contributed by atoms with van der Waals surface area (Å²) < 4.78 is 10.8. The number of carbonyl (C=O) groups excluding carboxylic acids is 1. The van der Waals surface area contributed by atoms with E-state index in [4.69, 9.17) is 9.47 Å². The van der Waals surface area contributed by atoms with Crippen molar-refractivity contribution in [2.75, 3.05) is 31.0 Å². The second-order valence-corrected chi connectivity index (χ2v) is 6.68. The molecule has 0 unspecified atom stereocenters. The lowest BCUT2D eigenvalue weighted by Gasteiger charge is -2.30. The molecule has 0 saturated carbocycles. The Kier molecular flexibility index (Phi) is 5.63. The summed E-state index contributed by atoms with van der Waals surface area (Å²) in [7, 11) is 3.28. The minimum absolute atomic E-state index is 0.0567. The molecule has 27 heavy (non-hydrogen) atoms. The molecule has 0 bridgehead atoms. The van der Waals surface area contributed by atoms with Gasteiger partial charge in [-0.25, -0.2) is 4.79 Å². The highest BCUT2D eigenvalue weighted by molar-refractivity contribution is 5.88. The summed E-state index contributed by atoms with van der Waals surface area (Å²) >= 11 is 0. The SMILES string of the molecule is COc1cc2c(cc1OC)CN(c1ccc(NC(=O)NC(C)C)nn1)CC2. The second-order valence-electron chi connectivity index (χ2n) is 6.68. The maximum Gasteiger partial charge on any atom is 0.320 e. The number of carbonyl (C=O) groups is 1. The Bertz CT molecular complexity index is 808. The van der Waals surface area contributed by atoms with Crippen LogP contribution in [0.2, 0.25) is 0 Å². The topological polar surface area (TPSA) is 88.6 Å². The average Bonchev–Trinajstić information content (AvgIpc) is 2.66. The highest BCUT2D eigenvalue weighted by Crippen LogP contribution is 2.34. The first kappa shape index (κ1) is 18.8. The van der Waals surface area contributed by atoms with Crippen molar-refractivity contribution in [1.29, 1.82) is 0 Å². The molecule has 8 heteroatoms. The van der Waals surface area contributed by atoms with Crippen LogP contribution in [-0.4, -0.2) is 43.0 Å². The third-order valence-corrected chi connectivity index (χ3v) is 4.35. The molecule has 1 aromatic heterocycles. The predicted molar refractivity (Wildman–Crippen MR) is 104 cm³/mol. The molecule has 2 heterocycles. The van der Waals surface area contributed by atoms with Crippen molar-refractivity contribution in [1.82, 2.24) is 15.5 Å². The van der Waals surface area contributed by atoms with Crippen LogP contribution >= 0.6 is 0 Å². The van der Waals surface area contributed by atoms with E-state index in [0.717, 1.165) is 30.3 Å². The maximum absolute atomic E-state index is 11.7. The molecule has 1 aliphatic rings. The Morgan fingerprint density at radius 1 is 1.11 bits per heavy atom. The number of nitrogens with one attached hydrogen (secondary N) is 2. The van der Waals surface area contributed by atoms with Gasteiger partial charge in [0.2, 0.25) is 0 Å². The number of methoxy groups -OCH3 is 2. The minimum Gasteiger partial charge on any atom is -0.493 e. The Hall–Kier alpha value is -3.03. The molecule has 0 aliphatic carbocycles. The van der Waals surface area contributed by atoms with Gasteiger partial charge in [0.05, 0.1) is 14.2 Å². The van der Waals surface area contributed by atoms with E-state index in [2.05, 4.69) is 25.7 Å². The van der Waals surface area contributed by atoms with E-state index in [1.165, 1.54) is 11.1 Å². The molecular formula is C19H25N5O3. The Morgan fingerprint density at radius 2 is 1.81 bits per heavy atom. The number of rotatable bonds is 5. The Labute approximate surface area is 158 Å². The highest BCUT2D eigenvalue weighted by Gasteiger charge is 2.20. The summed E-state index contributed by atoms with van der Waals surface area (Å²) in [6, 6.07) is 7.44. The van der Waals surface area contributed by atoms with Gasteiger partial charge in [0, 0.05) is 19.1 Å². The molecule has 2 N–H and O–H groups in total. The van der Waals surface area contributed by atoms with Crippen LogP contribution in [0.1, 0.15) is 25.0 Å². The van der Waals surface area contributed by atoms with Crippen LogP contribution in [0.3, 0.4) is 0 Å². The van der Waals surface area contributed by atoms with Gasteiger partial charge in [0.1, 0.15) is 0 Å². The molecule has 2 amide bonds. The largest absolute Gasteiger partial charge is 0.493 e. The number of hydrogen-bond acceptors (Lipinski definition) is 6. The molecule has 1 aliphatic heterocycles. The molecular weight excluding hydrogens is 346 g/mol. The van der Waals surface area contributed by atoms with Crippen LogP contribution in [0.25, 0.3) is 0 Å².